The van der Waals surface area contributed by atoms with E-state index in [0.717, 1.165) is 10.6 Å². The molecule has 3 rings (SSSR count). The predicted octanol–water partition coefficient (Wildman–Crippen LogP) is 3.78. The Hall–Kier alpha value is -1.61. The highest BCUT2D eigenvalue weighted by Gasteiger charge is 2.15. The zero-order valence-corrected chi connectivity index (χ0v) is 16.2. The number of carbonyl (C=O) groups excluding carboxylic acids is 1. The molecule has 2 heterocycles. The van der Waals surface area contributed by atoms with Crippen LogP contribution >= 0.6 is 46.3 Å². The molecule has 0 bridgehead atoms. The Bertz CT molecular complexity index is 865. The van der Waals surface area contributed by atoms with Gasteiger partial charge in [-0.05, 0) is 46.8 Å². The van der Waals surface area contributed by atoms with Gasteiger partial charge in [-0.25, -0.2) is 0 Å². The van der Waals surface area contributed by atoms with Crippen LogP contribution in [0.25, 0.3) is 5.69 Å². The standard InChI is InChI=1S/C15H13Cl2N5OS2/c1-21(8-12-6-7-13(17)25-12)14(23)9-24-15-18-19-20-22(15)11-4-2-10(16)3-5-11/h2-7H,8-9H2,1H3. The van der Waals surface area contributed by atoms with Gasteiger partial charge in [-0.2, -0.15) is 4.68 Å². The maximum Gasteiger partial charge on any atom is 0.233 e. The summed E-state index contributed by atoms with van der Waals surface area (Å²) in [4.78, 5) is 15.0. The normalized spacial score (nSPS) is 10.8. The van der Waals surface area contributed by atoms with Crippen LogP contribution in [0, 0.1) is 0 Å². The SMILES string of the molecule is CN(Cc1ccc(Cl)s1)C(=O)CSc1nnnn1-c1ccc(Cl)cc1. The van der Waals surface area contributed by atoms with Crippen molar-refractivity contribution in [3.63, 3.8) is 0 Å². The molecule has 10 heteroatoms. The van der Waals surface area contributed by atoms with Gasteiger partial charge in [0.05, 0.1) is 22.3 Å². The number of thioether (sulfide) groups is 1. The first-order chi connectivity index (χ1) is 12.0. The minimum absolute atomic E-state index is 0.0137. The van der Waals surface area contributed by atoms with E-state index in [4.69, 9.17) is 23.2 Å². The van der Waals surface area contributed by atoms with E-state index in [1.807, 2.05) is 24.3 Å². The van der Waals surface area contributed by atoms with E-state index in [1.54, 1.807) is 28.8 Å². The van der Waals surface area contributed by atoms with Crippen LogP contribution in [0.3, 0.4) is 0 Å². The van der Waals surface area contributed by atoms with Crippen LogP contribution in [0.1, 0.15) is 4.88 Å². The number of benzene rings is 1. The molecular weight excluding hydrogens is 401 g/mol. The molecule has 6 nitrogen and oxygen atoms in total. The Morgan fingerprint density at radius 3 is 2.68 bits per heavy atom. The number of aromatic nitrogens is 4. The van der Waals surface area contributed by atoms with Crippen molar-refractivity contribution >= 4 is 52.2 Å². The number of nitrogens with zero attached hydrogens (tertiary/aromatic N) is 5. The van der Waals surface area contributed by atoms with E-state index in [1.165, 1.54) is 23.1 Å². The van der Waals surface area contributed by atoms with E-state index in [2.05, 4.69) is 15.5 Å². The molecule has 0 aliphatic carbocycles. The average molecular weight is 414 g/mol. The number of hydrogen-bond acceptors (Lipinski definition) is 6. The van der Waals surface area contributed by atoms with Gasteiger partial charge < -0.3 is 4.90 Å². The molecule has 1 aromatic carbocycles. The minimum atomic E-state index is -0.0137. The maximum absolute atomic E-state index is 12.3. The van der Waals surface area contributed by atoms with Gasteiger partial charge in [0.15, 0.2) is 0 Å². The molecule has 0 atom stereocenters. The summed E-state index contributed by atoms with van der Waals surface area (Å²) in [7, 11) is 1.76. The topological polar surface area (TPSA) is 63.9 Å². The molecule has 0 fully saturated rings. The van der Waals surface area contributed by atoms with E-state index >= 15 is 0 Å². The first kappa shape index (κ1) is 18.2. The third-order valence-electron chi connectivity index (χ3n) is 3.28. The third-order valence-corrected chi connectivity index (χ3v) is 5.66. The Kier molecular flexibility index (Phi) is 5.95. The van der Waals surface area contributed by atoms with E-state index in [9.17, 15) is 4.79 Å². The largest absolute Gasteiger partial charge is 0.340 e. The molecule has 0 saturated carbocycles. The van der Waals surface area contributed by atoms with Crippen LogP contribution in [0.2, 0.25) is 9.36 Å². The summed E-state index contributed by atoms with van der Waals surface area (Å²) in [5.74, 6) is 0.226. The zero-order chi connectivity index (χ0) is 17.8. The van der Waals surface area contributed by atoms with Crippen molar-refractivity contribution in [1.82, 2.24) is 25.1 Å². The Morgan fingerprint density at radius 2 is 2.00 bits per heavy atom. The monoisotopic (exact) mass is 413 g/mol. The Balaban J connectivity index is 1.61. The summed E-state index contributed by atoms with van der Waals surface area (Å²) in [6, 6.07) is 10.9. The summed E-state index contributed by atoms with van der Waals surface area (Å²) in [5.41, 5.74) is 0.783. The summed E-state index contributed by atoms with van der Waals surface area (Å²) < 4.78 is 2.29. The molecule has 1 amide bonds. The van der Waals surface area contributed by atoms with Crippen LogP contribution < -0.4 is 0 Å². The van der Waals surface area contributed by atoms with Gasteiger partial charge >= 0.3 is 0 Å². The predicted molar refractivity (Wildman–Crippen MR) is 101 cm³/mol. The van der Waals surface area contributed by atoms with E-state index < -0.39 is 0 Å². The van der Waals surface area contributed by atoms with Crippen LogP contribution in [0.4, 0.5) is 0 Å². The van der Waals surface area contributed by atoms with Crippen molar-refractivity contribution in [3.05, 3.63) is 50.6 Å². The van der Waals surface area contributed by atoms with Gasteiger partial charge in [0.25, 0.3) is 0 Å². The number of carbonyl (C=O) groups is 1. The number of tetrazole rings is 1. The molecular formula is C15H13Cl2N5OS2. The number of hydrogen-bond donors (Lipinski definition) is 0. The zero-order valence-electron chi connectivity index (χ0n) is 13.1. The van der Waals surface area contributed by atoms with Crippen LogP contribution in [-0.2, 0) is 11.3 Å². The number of amides is 1. The second-order valence-corrected chi connectivity index (χ2v) is 8.27. The Morgan fingerprint density at radius 1 is 1.24 bits per heavy atom. The van der Waals surface area contributed by atoms with Gasteiger partial charge in [0.2, 0.25) is 11.1 Å². The minimum Gasteiger partial charge on any atom is -0.340 e. The molecule has 0 unspecified atom stereocenters. The fourth-order valence-corrected chi connectivity index (χ4v) is 4.11. The van der Waals surface area contributed by atoms with Crippen molar-refractivity contribution in [2.24, 2.45) is 0 Å². The molecule has 25 heavy (non-hydrogen) atoms. The summed E-state index contributed by atoms with van der Waals surface area (Å²) in [6.07, 6.45) is 0. The lowest BCUT2D eigenvalue weighted by Crippen LogP contribution is -2.27. The van der Waals surface area contributed by atoms with Gasteiger partial charge in [-0.3, -0.25) is 4.79 Å². The van der Waals surface area contributed by atoms with Crippen LogP contribution in [0.5, 0.6) is 0 Å². The van der Waals surface area contributed by atoms with Crippen molar-refractivity contribution in [3.8, 4) is 5.69 Å². The molecule has 0 saturated heterocycles. The number of thiophene rings is 1. The van der Waals surface area contributed by atoms with Crippen molar-refractivity contribution in [2.45, 2.75) is 11.7 Å². The van der Waals surface area contributed by atoms with E-state index in [0.29, 0.717) is 21.1 Å². The van der Waals surface area contributed by atoms with Gasteiger partial charge in [-0.15, -0.1) is 16.4 Å². The van der Waals surface area contributed by atoms with Gasteiger partial charge in [0, 0.05) is 16.9 Å². The molecule has 0 N–H and O–H groups in total. The summed E-state index contributed by atoms with van der Waals surface area (Å²) >= 11 is 14.6. The fourth-order valence-electron chi connectivity index (χ4n) is 2.01. The molecule has 130 valence electrons. The van der Waals surface area contributed by atoms with Crippen LogP contribution in [0.15, 0.2) is 41.6 Å². The average Bonchev–Trinajstić information content (AvgIpc) is 3.22. The van der Waals surface area contributed by atoms with Crippen molar-refractivity contribution < 1.29 is 4.79 Å². The summed E-state index contributed by atoms with van der Waals surface area (Å²) in [6.45, 7) is 0.527. The molecule has 0 radical (unpaired) electrons. The van der Waals surface area contributed by atoms with Gasteiger partial charge in [-0.1, -0.05) is 35.0 Å². The van der Waals surface area contributed by atoms with Crippen LogP contribution in [-0.4, -0.2) is 43.8 Å². The molecule has 0 spiro atoms. The number of rotatable bonds is 6. The first-order valence-electron chi connectivity index (χ1n) is 7.18. The smallest absolute Gasteiger partial charge is 0.233 e. The quantitative estimate of drug-likeness (QED) is 0.575. The highest BCUT2D eigenvalue weighted by molar-refractivity contribution is 7.99. The van der Waals surface area contributed by atoms with Gasteiger partial charge in [0.1, 0.15) is 0 Å². The second-order valence-electron chi connectivity index (χ2n) is 5.09. The first-order valence-corrected chi connectivity index (χ1v) is 9.74. The second kappa shape index (κ2) is 8.18. The van der Waals surface area contributed by atoms with Crippen molar-refractivity contribution in [1.29, 1.82) is 0 Å². The molecule has 0 aliphatic rings. The molecule has 3 aromatic rings. The molecule has 2 aromatic heterocycles. The lowest BCUT2D eigenvalue weighted by molar-refractivity contribution is -0.127. The summed E-state index contributed by atoms with van der Waals surface area (Å²) in [5, 5.41) is 12.8. The maximum atomic E-state index is 12.3. The lowest BCUT2D eigenvalue weighted by atomic mass is 10.3. The lowest BCUT2D eigenvalue weighted by Gasteiger charge is -2.15. The molecule has 0 aliphatic heterocycles. The highest BCUT2D eigenvalue weighted by atomic mass is 35.5. The fraction of sp³-hybridized carbons (Fsp3) is 0.200. The highest BCUT2D eigenvalue weighted by Crippen LogP contribution is 2.23. The van der Waals surface area contributed by atoms with Crippen molar-refractivity contribution in [2.75, 3.05) is 12.8 Å². The number of halogens is 2. The Labute approximate surface area is 162 Å². The third kappa shape index (κ3) is 4.72. The van der Waals surface area contributed by atoms with E-state index in [-0.39, 0.29) is 11.7 Å².